The van der Waals surface area contributed by atoms with E-state index in [0.29, 0.717) is 0 Å². The summed E-state index contributed by atoms with van der Waals surface area (Å²) in [6.45, 7) is 0. The van der Waals surface area contributed by atoms with E-state index < -0.39 is 0 Å². The summed E-state index contributed by atoms with van der Waals surface area (Å²) in [5.74, 6) is -0.127. The molecule has 0 atom stereocenters. The molecule has 0 saturated carbocycles. The Labute approximate surface area is 96.4 Å². The monoisotopic (exact) mass is 270 g/mol. The van der Waals surface area contributed by atoms with Crippen LogP contribution in [0, 0.1) is 0 Å². The fraction of sp³-hybridized carbons (Fsp3) is 0.200. The van der Waals surface area contributed by atoms with Crippen molar-refractivity contribution in [1.29, 1.82) is 0 Å². The van der Waals surface area contributed by atoms with Crippen LogP contribution in [0.4, 0.5) is 5.69 Å². The molecule has 0 radical (unpaired) electrons. The van der Waals surface area contributed by atoms with Gasteiger partial charge in [0.15, 0.2) is 0 Å². The highest BCUT2D eigenvalue weighted by atomic mass is 79.9. The third kappa shape index (κ3) is 4.60. The molecule has 0 heterocycles. The Bertz CT molecular complexity index is 349. The summed E-state index contributed by atoms with van der Waals surface area (Å²) in [6.07, 6.45) is 1.61. The van der Waals surface area contributed by atoms with Gasteiger partial charge in [0, 0.05) is 10.2 Å². The molecular formula is C10H11BrN2O2. The lowest BCUT2D eigenvalue weighted by molar-refractivity contribution is -0.115. The largest absolute Gasteiger partial charge is 0.399 e. The molecule has 0 fully saturated rings. The van der Waals surface area contributed by atoms with Crippen molar-refractivity contribution in [1.82, 2.24) is 0 Å². The van der Waals surface area contributed by atoms with E-state index in [9.17, 15) is 4.79 Å². The third-order valence-electron chi connectivity index (χ3n) is 1.58. The molecule has 1 aromatic rings. The quantitative estimate of drug-likeness (QED) is 0.675. The summed E-state index contributed by atoms with van der Waals surface area (Å²) in [5, 5.41) is 6.20. The summed E-state index contributed by atoms with van der Waals surface area (Å²) in [5.41, 5.74) is 0.758. The lowest BCUT2D eigenvalue weighted by atomic mass is 10.3. The number of oxime groups is 1. The molecule has 15 heavy (non-hydrogen) atoms. The highest BCUT2D eigenvalue weighted by Gasteiger charge is 1.99. The van der Waals surface area contributed by atoms with Crippen LogP contribution in [-0.4, -0.2) is 19.2 Å². The van der Waals surface area contributed by atoms with Gasteiger partial charge in [-0.05, 0) is 24.3 Å². The Morgan fingerprint density at radius 3 is 2.80 bits per heavy atom. The molecule has 1 aromatic carbocycles. The fourth-order valence-electron chi connectivity index (χ4n) is 0.940. The molecule has 1 N–H and O–H groups in total. The maximum atomic E-state index is 11.3. The van der Waals surface area contributed by atoms with Crippen molar-refractivity contribution in [2.45, 2.75) is 6.42 Å². The molecule has 1 amide bonds. The first-order chi connectivity index (χ1) is 7.22. The van der Waals surface area contributed by atoms with Gasteiger partial charge in [0.05, 0.1) is 12.6 Å². The lowest BCUT2D eigenvalue weighted by Gasteiger charge is -2.02. The van der Waals surface area contributed by atoms with E-state index in [1.807, 2.05) is 24.3 Å². The second-order valence-electron chi connectivity index (χ2n) is 2.73. The first kappa shape index (κ1) is 11.7. The molecule has 1 rings (SSSR count). The highest BCUT2D eigenvalue weighted by molar-refractivity contribution is 9.10. The van der Waals surface area contributed by atoms with Crippen LogP contribution in [0.1, 0.15) is 6.42 Å². The highest BCUT2D eigenvalue weighted by Crippen LogP contribution is 2.13. The van der Waals surface area contributed by atoms with Crippen LogP contribution in [0.5, 0.6) is 0 Å². The van der Waals surface area contributed by atoms with Crippen molar-refractivity contribution in [3.8, 4) is 0 Å². The van der Waals surface area contributed by atoms with E-state index in [0.717, 1.165) is 10.2 Å². The first-order valence-corrected chi connectivity index (χ1v) is 5.12. The van der Waals surface area contributed by atoms with Crippen molar-refractivity contribution in [2.75, 3.05) is 12.4 Å². The van der Waals surface area contributed by atoms with Gasteiger partial charge in [0.1, 0.15) is 7.11 Å². The third-order valence-corrected chi connectivity index (χ3v) is 2.11. The summed E-state index contributed by atoms with van der Waals surface area (Å²) >= 11 is 3.31. The number of anilines is 1. The van der Waals surface area contributed by atoms with Gasteiger partial charge in [0.25, 0.3) is 0 Å². The average molecular weight is 271 g/mol. The predicted molar refractivity (Wildman–Crippen MR) is 62.9 cm³/mol. The van der Waals surface area contributed by atoms with Crippen LogP contribution in [0.3, 0.4) is 0 Å². The van der Waals surface area contributed by atoms with Gasteiger partial charge in [0.2, 0.25) is 5.91 Å². The number of nitrogens with zero attached hydrogens (tertiary/aromatic N) is 1. The first-order valence-electron chi connectivity index (χ1n) is 4.33. The molecule has 80 valence electrons. The molecular weight excluding hydrogens is 260 g/mol. The minimum absolute atomic E-state index is 0.127. The summed E-state index contributed by atoms with van der Waals surface area (Å²) in [7, 11) is 1.43. The van der Waals surface area contributed by atoms with Gasteiger partial charge in [-0.2, -0.15) is 0 Å². The lowest BCUT2D eigenvalue weighted by Crippen LogP contribution is -2.11. The second kappa shape index (κ2) is 6.19. The van der Waals surface area contributed by atoms with Crippen LogP contribution in [0.25, 0.3) is 0 Å². The van der Waals surface area contributed by atoms with Crippen LogP contribution < -0.4 is 5.32 Å². The molecule has 4 nitrogen and oxygen atoms in total. The second-order valence-corrected chi connectivity index (χ2v) is 3.65. The molecule has 0 saturated heterocycles. The van der Waals surface area contributed by atoms with Gasteiger partial charge in [-0.25, -0.2) is 0 Å². The Hall–Kier alpha value is -1.36. The molecule has 5 heteroatoms. The number of rotatable bonds is 4. The van der Waals surface area contributed by atoms with E-state index in [1.54, 1.807) is 0 Å². The molecule has 0 aliphatic carbocycles. The van der Waals surface area contributed by atoms with Gasteiger partial charge >= 0.3 is 0 Å². The Morgan fingerprint density at radius 1 is 1.53 bits per heavy atom. The number of carbonyl (C=O) groups excluding carboxylic acids is 1. The van der Waals surface area contributed by atoms with E-state index in [1.165, 1.54) is 13.3 Å². The van der Waals surface area contributed by atoms with Gasteiger partial charge < -0.3 is 10.2 Å². The number of halogens is 1. The van der Waals surface area contributed by atoms with Crippen molar-refractivity contribution in [3.63, 3.8) is 0 Å². The smallest absolute Gasteiger partial charge is 0.229 e. The predicted octanol–water partition coefficient (Wildman–Crippen LogP) is 2.41. The Kier molecular flexibility index (Phi) is 4.83. The number of hydrogen-bond donors (Lipinski definition) is 1. The van der Waals surface area contributed by atoms with E-state index in [4.69, 9.17) is 0 Å². The normalized spacial score (nSPS) is 10.3. The number of nitrogens with one attached hydrogen (secondary N) is 1. The maximum Gasteiger partial charge on any atom is 0.229 e. The van der Waals surface area contributed by atoms with Crippen LogP contribution in [0.15, 0.2) is 33.9 Å². The molecule has 0 spiro atoms. The zero-order valence-electron chi connectivity index (χ0n) is 8.24. The molecule has 0 unspecified atom stereocenters. The van der Waals surface area contributed by atoms with Gasteiger partial charge in [-0.3, -0.25) is 4.79 Å². The fourth-order valence-corrected chi connectivity index (χ4v) is 1.20. The maximum absolute atomic E-state index is 11.3. The van der Waals surface area contributed by atoms with Crippen molar-refractivity contribution in [2.24, 2.45) is 5.16 Å². The van der Waals surface area contributed by atoms with E-state index in [-0.39, 0.29) is 12.3 Å². The van der Waals surface area contributed by atoms with Crippen molar-refractivity contribution < 1.29 is 9.63 Å². The molecule has 0 aliphatic heterocycles. The minimum Gasteiger partial charge on any atom is -0.399 e. The molecule has 0 aliphatic rings. The zero-order chi connectivity index (χ0) is 11.1. The molecule has 0 bridgehead atoms. The number of hydrogen-bond acceptors (Lipinski definition) is 3. The van der Waals surface area contributed by atoms with Gasteiger partial charge in [-0.15, -0.1) is 0 Å². The summed E-state index contributed by atoms with van der Waals surface area (Å²) in [4.78, 5) is 15.7. The summed E-state index contributed by atoms with van der Waals surface area (Å²) in [6, 6.07) is 7.35. The Balaban J connectivity index is 2.44. The van der Waals surface area contributed by atoms with Crippen LogP contribution in [-0.2, 0) is 9.63 Å². The van der Waals surface area contributed by atoms with Crippen LogP contribution >= 0.6 is 15.9 Å². The number of benzene rings is 1. The van der Waals surface area contributed by atoms with Gasteiger partial charge in [-0.1, -0.05) is 21.1 Å². The number of amides is 1. The summed E-state index contributed by atoms with van der Waals surface area (Å²) < 4.78 is 0.974. The van der Waals surface area contributed by atoms with E-state index in [2.05, 4.69) is 31.2 Å². The Morgan fingerprint density at radius 2 is 2.20 bits per heavy atom. The van der Waals surface area contributed by atoms with Crippen molar-refractivity contribution in [3.05, 3.63) is 28.7 Å². The van der Waals surface area contributed by atoms with Crippen LogP contribution in [0.2, 0.25) is 0 Å². The van der Waals surface area contributed by atoms with Crippen molar-refractivity contribution >= 4 is 33.7 Å². The van der Waals surface area contributed by atoms with E-state index >= 15 is 0 Å². The zero-order valence-corrected chi connectivity index (χ0v) is 9.82. The average Bonchev–Trinajstić information content (AvgIpc) is 2.22. The minimum atomic E-state index is -0.127. The molecule has 0 aromatic heterocycles. The number of carbonyl (C=O) groups is 1. The topological polar surface area (TPSA) is 50.7 Å². The SMILES string of the molecule is CON=CCC(=O)Nc1ccc(Br)cc1. The standard InChI is InChI=1S/C10H11BrN2O2/c1-15-12-7-6-10(14)13-9-4-2-8(11)3-5-9/h2-5,7H,6H2,1H3,(H,13,14).